The van der Waals surface area contributed by atoms with Crippen molar-refractivity contribution in [2.24, 2.45) is 0 Å². The van der Waals surface area contributed by atoms with Crippen LogP contribution in [0.25, 0.3) is 0 Å². The van der Waals surface area contributed by atoms with Crippen molar-refractivity contribution in [2.45, 2.75) is 26.2 Å². The second kappa shape index (κ2) is 5.79. The Labute approximate surface area is 111 Å². The van der Waals surface area contributed by atoms with Crippen molar-refractivity contribution in [3.63, 3.8) is 0 Å². The lowest BCUT2D eigenvalue weighted by atomic mass is 9.86. The number of aliphatic hydroxyl groups excluding tert-OH is 1. The number of carbonyl (C=O) groups is 1. The third-order valence-electron chi connectivity index (χ3n) is 2.70. The van der Waals surface area contributed by atoms with Crippen LogP contribution in [0.1, 0.15) is 36.7 Å². The molecule has 0 aliphatic heterocycles. The van der Waals surface area contributed by atoms with Crippen molar-refractivity contribution >= 4 is 11.6 Å². The average Bonchev–Trinajstić information content (AvgIpc) is 2.34. The van der Waals surface area contributed by atoms with Crippen LogP contribution in [0.5, 0.6) is 0 Å². The first-order valence-electron chi connectivity index (χ1n) is 5.95. The predicted molar refractivity (Wildman–Crippen MR) is 71.2 cm³/mol. The normalized spacial score (nSPS) is 11.2. The van der Waals surface area contributed by atoms with Crippen LogP contribution in [0, 0.1) is 10.1 Å². The Bertz CT molecular complexity index is 492. The van der Waals surface area contributed by atoms with Gasteiger partial charge in [-0.1, -0.05) is 26.8 Å². The van der Waals surface area contributed by atoms with Gasteiger partial charge in [0.05, 0.1) is 11.5 Å². The molecule has 1 aromatic rings. The molecule has 6 heteroatoms. The molecular formula is C13H18N2O4. The van der Waals surface area contributed by atoms with Gasteiger partial charge in [0.25, 0.3) is 11.6 Å². The number of hydrogen-bond donors (Lipinski definition) is 2. The summed E-state index contributed by atoms with van der Waals surface area (Å²) in [4.78, 5) is 22.3. The summed E-state index contributed by atoms with van der Waals surface area (Å²) in [7, 11) is 0. The molecule has 0 bridgehead atoms. The summed E-state index contributed by atoms with van der Waals surface area (Å²) in [6.07, 6.45) is 0. The minimum atomic E-state index is -0.566. The van der Waals surface area contributed by atoms with E-state index in [-0.39, 0.29) is 29.8 Å². The largest absolute Gasteiger partial charge is 0.395 e. The van der Waals surface area contributed by atoms with Gasteiger partial charge in [-0.25, -0.2) is 0 Å². The molecule has 6 nitrogen and oxygen atoms in total. The maximum atomic E-state index is 11.8. The standard InChI is InChI=1S/C13H18N2O4/c1-13(2,3)9-4-5-10(11(8-9)15(18)19)12(17)14-6-7-16/h4-5,8,16H,6-7H2,1-3H3,(H,14,17). The van der Waals surface area contributed by atoms with Gasteiger partial charge in [-0.3, -0.25) is 14.9 Å². The number of benzene rings is 1. The number of nitro groups is 1. The summed E-state index contributed by atoms with van der Waals surface area (Å²) < 4.78 is 0. The van der Waals surface area contributed by atoms with Crippen LogP contribution < -0.4 is 5.32 Å². The SMILES string of the molecule is CC(C)(C)c1ccc(C(=O)NCCO)c([N+](=O)[O-])c1. The van der Waals surface area contributed by atoms with Crippen LogP contribution in [-0.2, 0) is 5.41 Å². The highest BCUT2D eigenvalue weighted by molar-refractivity contribution is 5.98. The summed E-state index contributed by atoms with van der Waals surface area (Å²) in [6.45, 7) is 5.68. The zero-order valence-electron chi connectivity index (χ0n) is 11.3. The summed E-state index contributed by atoms with van der Waals surface area (Å²) >= 11 is 0. The molecule has 1 amide bonds. The van der Waals surface area contributed by atoms with Crippen LogP contribution in [0.15, 0.2) is 18.2 Å². The summed E-state index contributed by atoms with van der Waals surface area (Å²) in [6, 6.07) is 4.58. The van der Waals surface area contributed by atoms with E-state index in [9.17, 15) is 14.9 Å². The molecule has 0 radical (unpaired) electrons. The van der Waals surface area contributed by atoms with Gasteiger partial charge in [0.2, 0.25) is 0 Å². The number of amides is 1. The zero-order chi connectivity index (χ0) is 14.6. The smallest absolute Gasteiger partial charge is 0.282 e. The maximum absolute atomic E-state index is 11.8. The average molecular weight is 266 g/mol. The molecular weight excluding hydrogens is 248 g/mol. The van der Waals surface area contributed by atoms with Crippen molar-refractivity contribution in [2.75, 3.05) is 13.2 Å². The minimum absolute atomic E-state index is 0.00597. The lowest BCUT2D eigenvalue weighted by Crippen LogP contribution is -2.27. The molecule has 2 N–H and O–H groups in total. The van der Waals surface area contributed by atoms with Gasteiger partial charge in [-0.15, -0.1) is 0 Å². The first-order chi connectivity index (χ1) is 8.77. The van der Waals surface area contributed by atoms with E-state index in [4.69, 9.17) is 5.11 Å². The molecule has 0 aliphatic rings. The van der Waals surface area contributed by atoms with Crippen molar-refractivity contribution < 1.29 is 14.8 Å². The minimum Gasteiger partial charge on any atom is -0.395 e. The Morgan fingerprint density at radius 3 is 2.53 bits per heavy atom. The van der Waals surface area contributed by atoms with E-state index < -0.39 is 10.8 Å². The number of aliphatic hydroxyl groups is 1. The highest BCUT2D eigenvalue weighted by Gasteiger charge is 2.24. The fourth-order valence-electron chi connectivity index (χ4n) is 1.61. The van der Waals surface area contributed by atoms with Gasteiger partial charge in [0, 0.05) is 12.6 Å². The number of nitro benzene ring substituents is 1. The molecule has 0 fully saturated rings. The maximum Gasteiger partial charge on any atom is 0.282 e. The molecule has 0 saturated carbocycles. The topological polar surface area (TPSA) is 92.5 Å². The quantitative estimate of drug-likeness (QED) is 0.639. The third-order valence-corrected chi connectivity index (χ3v) is 2.70. The Morgan fingerprint density at radius 2 is 2.05 bits per heavy atom. The molecule has 0 spiro atoms. The fraction of sp³-hybridized carbons (Fsp3) is 0.462. The molecule has 19 heavy (non-hydrogen) atoms. The third kappa shape index (κ3) is 3.75. The van der Waals surface area contributed by atoms with Crippen molar-refractivity contribution in [1.29, 1.82) is 0 Å². The molecule has 1 rings (SSSR count). The predicted octanol–water partition coefficient (Wildman–Crippen LogP) is 1.61. The van der Waals surface area contributed by atoms with Crippen molar-refractivity contribution in [3.8, 4) is 0 Å². The lowest BCUT2D eigenvalue weighted by Gasteiger charge is -2.19. The Morgan fingerprint density at radius 1 is 1.42 bits per heavy atom. The lowest BCUT2D eigenvalue weighted by molar-refractivity contribution is -0.385. The number of hydrogen-bond acceptors (Lipinski definition) is 4. The molecule has 0 aliphatic carbocycles. The molecule has 0 saturated heterocycles. The van der Waals surface area contributed by atoms with Gasteiger partial charge < -0.3 is 10.4 Å². The Balaban J connectivity index is 3.19. The highest BCUT2D eigenvalue weighted by Crippen LogP contribution is 2.28. The molecule has 1 aromatic carbocycles. The summed E-state index contributed by atoms with van der Waals surface area (Å²) in [5.74, 6) is -0.554. The van der Waals surface area contributed by atoms with Crippen LogP contribution >= 0.6 is 0 Å². The van der Waals surface area contributed by atoms with E-state index in [2.05, 4.69) is 5.32 Å². The first-order valence-corrected chi connectivity index (χ1v) is 5.95. The molecule has 0 aromatic heterocycles. The fourth-order valence-corrected chi connectivity index (χ4v) is 1.61. The Hall–Kier alpha value is -1.95. The first kappa shape index (κ1) is 15.1. The second-order valence-electron chi connectivity index (χ2n) is 5.22. The molecule has 0 atom stereocenters. The summed E-state index contributed by atoms with van der Waals surface area (Å²) in [5.41, 5.74) is 0.345. The number of rotatable bonds is 4. The number of nitrogens with zero attached hydrogens (tertiary/aromatic N) is 1. The van der Waals surface area contributed by atoms with Crippen LogP contribution in [0.3, 0.4) is 0 Å². The van der Waals surface area contributed by atoms with Crippen molar-refractivity contribution in [1.82, 2.24) is 5.32 Å². The van der Waals surface area contributed by atoms with Crippen molar-refractivity contribution in [3.05, 3.63) is 39.4 Å². The van der Waals surface area contributed by atoms with Crippen LogP contribution in [-0.4, -0.2) is 29.1 Å². The van der Waals surface area contributed by atoms with Gasteiger partial charge >= 0.3 is 0 Å². The molecule has 0 unspecified atom stereocenters. The molecule has 104 valence electrons. The van der Waals surface area contributed by atoms with E-state index in [1.54, 1.807) is 6.07 Å². The van der Waals surface area contributed by atoms with Gasteiger partial charge in [-0.2, -0.15) is 0 Å². The van der Waals surface area contributed by atoms with E-state index >= 15 is 0 Å². The Kier molecular flexibility index (Phi) is 4.61. The van der Waals surface area contributed by atoms with Crippen LogP contribution in [0.2, 0.25) is 0 Å². The highest BCUT2D eigenvalue weighted by atomic mass is 16.6. The van der Waals surface area contributed by atoms with Gasteiger partial charge in [-0.05, 0) is 17.0 Å². The number of nitrogens with one attached hydrogen (secondary N) is 1. The van der Waals surface area contributed by atoms with Gasteiger partial charge in [0.15, 0.2) is 0 Å². The van der Waals surface area contributed by atoms with E-state index in [0.717, 1.165) is 5.56 Å². The second-order valence-corrected chi connectivity index (χ2v) is 5.22. The molecule has 0 heterocycles. The summed E-state index contributed by atoms with van der Waals surface area (Å²) in [5, 5.41) is 22.1. The zero-order valence-corrected chi connectivity index (χ0v) is 11.3. The monoisotopic (exact) mass is 266 g/mol. The van der Waals surface area contributed by atoms with Crippen LogP contribution in [0.4, 0.5) is 5.69 Å². The van der Waals surface area contributed by atoms with Gasteiger partial charge in [0.1, 0.15) is 5.56 Å². The van der Waals surface area contributed by atoms with E-state index in [1.807, 2.05) is 20.8 Å². The number of carbonyl (C=O) groups excluding carboxylic acids is 1. The van der Waals surface area contributed by atoms with E-state index in [1.165, 1.54) is 12.1 Å². The van der Waals surface area contributed by atoms with E-state index in [0.29, 0.717) is 0 Å².